The van der Waals surface area contributed by atoms with Gasteiger partial charge in [-0.3, -0.25) is 4.79 Å². The second-order valence-electron chi connectivity index (χ2n) is 6.55. The summed E-state index contributed by atoms with van der Waals surface area (Å²) in [6.07, 6.45) is 3.33. The fourth-order valence-electron chi connectivity index (χ4n) is 2.92. The number of rotatable bonds is 2. The molecule has 0 saturated heterocycles. The standard InChI is InChI=1S/C13H21NO3/c1-12(2,3)17-11(16)14-8-9-4-13(5-9)6-10(15)7-13/h9H,4-8H2,1-3H3,(H,14,16). The van der Waals surface area contributed by atoms with E-state index in [0.29, 0.717) is 23.7 Å². The Morgan fingerprint density at radius 3 is 2.47 bits per heavy atom. The van der Waals surface area contributed by atoms with Crippen LogP contribution in [-0.4, -0.2) is 24.0 Å². The monoisotopic (exact) mass is 239 g/mol. The van der Waals surface area contributed by atoms with Gasteiger partial charge in [0.05, 0.1) is 0 Å². The zero-order chi connectivity index (χ0) is 12.7. The Balaban J connectivity index is 1.62. The number of carbonyl (C=O) groups is 2. The van der Waals surface area contributed by atoms with Crippen LogP contribution in [0.15, 0.2) is 0 Å². The van der Waals surface area contributed by atoms with Crippen molar-refractivity contribution in [1.29, 1.82) is 0 Å². The van der Waals surface area contributed by atoms with Gasteiger partial charge in [0.2, 0.25) is 0 Å². The first-order valence-electron chi connectivity index (χ1n) is 6.27. The average Bonchev–Trinajstić information content (AvgIpc) is 2.03. The smallest absolute Gasteiger partial charge is 0.407 e. The molecule has 0 bridgehead atoms. The molecule has 0 heterocycles. The fraction of sp³-hybridized carbons (Fsp3) is 0.846. The molecule has 0 aromatic rings. The first-order chi connectivity index (χ1) is 7.78. The summed E-state index contributed by atoms with van der Waals surface area (Å²) in [5.41, 5.74) is -0.122. The van der Waals surface area contributed by atoms with E-state index in [1.54, 1.807) is 0 Å². The van der Waals surface area contributed by atoms with Gasteiger partial charge in [0.15, 0.2) is 0 Å². The molecule has 2 saturated carbocycles. The summed E-state index contributed by atoms with van der Waals surface area (Å²) in [5.74, 6) is 0.916. The number of ether oxygens (including phenoxy) is 1. The van der Waals surface area contributed by atoms with Gasteiger partial charge in [-0.05, 0) is 44.9 Å². The molecule has 0 aromatic carbocycles. The van der Waals surface area contributed by atoms with Gasteiger partial charge >= 0.3 is 6.09 Å². The molecule has 96 valence electrons. The maximum Gasteiger partial charge on any atom is 0.407 e. The van der Waals surface area contributed by atoms with Gasteiger partial charge < -0.3 is 10.1 Å². The van der Waals surface area contributed by atoms with Crippen LogP contribution in [0.2, 0.25) is 0 Å². The minimum atomic E-state index is -0.439. The van der Waals surface area contributed by atoms with Gasteiger partial charge in [-0.1, -0.05) is 0 Å². The van der Waals surface area contributed by atoms with Crippen LogP contribution < -0.4 is 5.32 Å². The van der Waals surface area contributed by atoms with E-state index in [2.05, 4.69) is 5.32 Å². The summed E-state index contributed by atoms with van der Waals surface area (Å²) in [6, 6.07) is 0. The van der Waals surface area contributed by atoms with Crippen LogP contribution in [0.25, 0.3) is 0 Å². The third-order valence-corrected chi connectivity index (χ3v) is 3.52. The minimum Gasteiger partial charge on any atom is -0.444 e. The highest BCUT2D eigenvalue weighted by Crippen LogP contribution is 2.56. The molecule has 0 radical (unpaired) electrons. The molecule has 0 atom stereocenters. The number of alkyl carbamates (subject to hydrolysis) is 1. The second kappa shape index (κ2) is 4.00. The molecule has 2 aliphatic carbocycles. The molecule has 0 unspecified atom stereocenters. The molecule has 17 heavy (non-hydrogen) atoms. The molecule has 2 aliphatic rings. The van der Waals surface area contributed by atoms with E-state index in [-0.39, 0.29) is 6.09 Å². The van der Waals surface area contributed by atoms with E-state index < -0.39 is 5.60 Å². The Labute approximate surface area is 102 Å². The Hall–Kier alpha value is -1.06. The van der Waals surface area contributed by atoms with Crippen molar-refractivity contribution in [2.45, 2.75) is 52.1 Å². The number of Topliss-reactive ketones (excluding diaryl/α,β-unsaturated/α-hetero) is 1. The molecule has 0 aliphatic heterocycles. The van der Waals surface area contributed by atoms with Gasteiger partial charge in [0, 0.05) is 19.4 Å². The Morgan fingerprint density at radius 1 is 1.41 bits per heavy atom. The molecule has 0 aromatic heterocycles. The Morgan fingerprint density at radius 2 is 2.00 bits per heavy atom. The predicted molar refractivity (Wildman–Crippen MR) is 63.6 cm³/mol. The zero-order valence-electron chi connectivity index (χ0n) is 10.8. The first-order valence-corrected chi connectivity index (χ1v) is 6.27. The van der Waals surface area contributed by atoms with E-state index >= 15 is 0 Å². The Kier molecular flexibility index (Phi) is 2.92. The quantitative estimate of drug-likeness (QED) is 0.804. The third kappa shape index (κ3) is 2.99. The number of hydrogen-bond acceptors (Lipinski definition) is 3. The summed E-state index contributed by atoms with van der Waals surface area (Å²) < 4.78 is 5.16. The van der Waals surface area contributed by atoms with Crippen molar-refractivity contribution in [3.63, 3.8) is 0 Å². The van der Waals surface area contributed by atoms with Crippen molar-refractivity contribution in [2.75, 3.05) is 6.54 Å². The molecule has 1 N–H and O–H groups in total. The van der Waals surface area contributed by atoms with E-state index in [9.17, 15) is 9.59 Å². The predicted octanol–water partition coefficient (Wildman–Crippen LogP) is 2.27. The van der Waals surface area contributed by atoms with Gasteiger partial charge in [0.1, 0.15) is 11.4 Å². The van der Waals surface area contributed by atoms with Crippen molar-refractivity contribution >= 4 is 11.9 Å². The van der Waals surface area contributed by atoms with Crippen LogP contribution in [0.1, 0.15) is 46.5 Å². The van der Waals surface area contributed by atoms with Crippen LogP contribution >= 0.6 is 0 Å². The van der Waals surface area contributed by atoms with E-state index in [0.717, 1.165) is 25.7 Å². The summed E-state index contributed by atoms with van der Waals surface area (Å²) in [4.78, 5) is 22.4. The molecule has 1 spiro atoms. The zero-order valence-corrected chi connectivity index (χ0v) is 10.8. The van der Waals surface area contributed by atoms with Gasteiger partial charge in [0.25, 0.3) is 0 Å². The van der Waals surface area contributed by atoms with Crippen LogP contribution in [0.3, 0.4) is 0 Å². The largest absolute Gasteiger partial charge is 0.444 e. The summed E-state index contributed by atoms with van der Waals surface area (Å²) >= 11 is 0. The van der Waals surface area contributed by atoms with Crippen LogP contribution in [0.5, 0.6) is 0 Å². The Bertz CT molecular complexity index is 327. The second-order valence-corrected chi connectivity index (χ2v) is 6.55. The van der Waals surface area contributed by atoms with Crippen LogP contribution in [0.4, 0.5) is 4.79 Å². The van der Waals surface area contributed by atoms with E-state index in [4.69, 9.17) is 4.74 Å². The third-order valence-electron chi connectivity index (χ3n) is 3.52. The lowest BCUT2D eigenvalue weighted by Crippen LogP contribution is -2.51. The van der Waals surface area contributed by atoms with E-state index in [1.165, 1.54) is 0 Å². The molecule has 4 heteroatoms. The maximum atomic E-state index is 11.4. The molecule has 1 amide bonds. The highest BCUT2D eigenvalue weighted by molar-refractivity contribution is 5.86. The lowest BCUT2D eigenvalue weighted by molar-refractivity contribution is -0.141. The summed E-state index contributed by atoms with van der Waals surface area (Å²) in [5, 5.41) is 2.79. The molecular formula is C13H21NO3. The van der Waals surface area contributed by atoms with Gasteiger partial charge in [-0.25, -0.2) is 4.79 Å². The van der Waals surface area contributed by atoms with Crippen molar-refractivity contribution < 1.29 is 14.3 Å². The van der Waals surface area contributed by atoms with Crippen molar-refractivity contribution in [2.24, 2.45) is 11.3 Å². The lowest BCUT2D eigenvalue weighted by atomic mass is 9.51. The van der Waals surface area contributed by atoms with Gasteiger partial charge in [-0.15, -0.1) is 0 Å². The number of ketones is 1. The van der Waals surface area contributed by atoms with Crippen molar-refractivity contribution in [1.82, 2.24) is 5.32 Å². The SMILES string of the molecule is CC(C)(C)OC(=O)NCC1CC2(CC(=O)C2)C1. The highest BCUT2D eigenvalue weighted by atomic mass is 16.6. The number of carbonyl (C=O) groups excluding carboxylic acids is 2. The first kappa shape index (κ1) is 12.4. The lowest BCUT2D eigenvalue weighted by Gasteiger charge is -2.53. The van der Waals surface area contributed by atoms with Gasteiger partial charge in [-0.2, -0.15) is 0 Å². The fourth-order valence-corrected chi connectivity index (χ4v) is 2.92. The maximum absolute atomic E-state index is 11.4. The van der Waals surface area contributed by atoms with Crippen LogP contribution in [-0.2, 0) is 9.53 Å². The number of amides is 1. The van der Waals surface area contributed by atoms with Crippen molar-refractivity contribution in [3.05, 3.63) is 0 Å². The topological polar surface area (TPSA) is 55.4 Å². The van der Waals surface area contributed by atoms with Crippen LogP contribution in [0, 0.1) is 11.3 Å². The molecular weight excluding hydrogens is 218 g/mol. The summed E-state index contributed by atoms with van der Waals surface area (Å²) in [6.45, 7) is 6.23. The summed E-state index contributed by atoms with van der Waals surface area (Å²) in [7, 11) is 0. The van der Waals surface area contributed by atoms with E-state index in [1.807, 2.05) is 20.8 Å². The average molecular weight is 239 g/mol. The molecule has 2 rings (SSSR count). The minimum absolute atomic E-state index is 0.317. The highest BCUT2D eigenvalue weighted by Gasteiger charge is 2.52. The number of hydrogen-bond donors (Lipinski definition) is 1. The molecule has 4 nitrogen and oxygen atoms in total. The normalized spacial score (nSPS) is 22.9. The number of nitrogens with one attached hydrogen (secondary N) is 1. The van der Waals surface area contributed by atoms with Crippen molar-refractivity contribution in [3.8, 4) is 0 Å². The molecule has 2 fully saturated rings.